The molecule has 0 fully saturated rings. The summed E-state index contributed by atoms with van der Waals surface area (Å²) in [7, 11) is 0. The molecule has 0 amide bonds. The standard InChI is InChI=1S/C14H15N2O2/c1-2-3-6-10(17)9-13-11-7-4-5-8-12(11)14(18)16-15-13/h4-5,7-8H,1-3,6,9H2,(H,16,18)/q-1. The lowest BCUT2D eigenvalue weighted by Gasteiger charge is -2.04. The summed E-state index contributed by atoms with van der Waals surface area (Å²) in [6, 6.07) is 7.20. The molecule has 0 atom stereocenters. The van der Waals surface area contributed by atoms with E-state index in [4.69, 9.17) is 0 Å². The number of ketones is 1. The number of Topliss-reactive ketones (excluding diaryl/α,β-unsaturated/α-hetero) is 1. The minimum atomic E-state index is -0.223. The first kappa shape index (κ1) is 12.5. The summed E-state index contributed by atoms with van der Waals surface area (Å²) in [6.45, 7) is 3.71. The van der Waals surface area contributed by atoms with E-state index in [0.717, 1.165) is 18.2 Å². The van der Waals surface area contributed by atoms with E-state index < -0.39 is 0 Å². The largest absolute Gasteiger partial charge is 0.343 e. The van der Waals surface area contributed by atoms with Crippen molar-refractivity contribution in [1.82, 2.24) is 10.2 Å². The number of benzene rings is 1. The molecule has 0 saturated heterocycles. The van der Waals surface area contributed by atoms with Gasteiger partial charge in [-0.05, 0) is 6.07 Å². The van der Waals surface area contributed by atoms with E-state index in [1.165, 1.54) is 0 Å². The zero-order valence-corrected chi connectivity index (χ0v) is 10.1. The molecule has 0 bridgehead atoms. The molecule has 2 aromatic rings. The van der Waals surface area contributed by atoms with Crippen molar-refractivity contribution in [1.29, 1.82) is 0 Å². The first-order valence-electron chi connectivity index (χ1n) is 5.99. The minimum Gasteiger partial charge on any atom is -0.343 e. The molecular weight excluding hydrogens is 228 g/mol. The summed E-state index contributed by atoms with van der Waals surface area (Å²) < 4.78 is 0. The molecule has 1 aromatic heterocycles. The molecule has 4 nitrogen and oxygen atoms in total. The second-order valence-corrected chi connectivity index (χ2v) is 4.22. The highest BCUT2D eigenvalue weighted by Crippen LogP contribution is 2.13. The topological polar surface area (TPSA) is 62.8 Å². The lowest BCUT2D eigenvalue weighted by molar-refractivity contribution is -0.118. The number of aromatic amines is 1. The van der Waals surface area contributed by atoms with Gasteiger partial charge in [0.2, 0.25) is 0 Å². The fourth-order valence-electron chi connectivity index (χ4n) is 1.90. The van der Waals surface area contributed by atoms with E-state index in [0.29, 0.717) is 17.5 Å². The van der Waals surface area contributed by atoms with Gasteiger partial charge >= 0.3 is 0 Å². The number of hydrogen-bond donors (Lipinski definition) is 1. The Morgan fingerprint density at radius 1 is 1.28 bits per heavy atom. The van der Waals surface area contributed by atoms with Crippen LogP contribution in [-0.2, 0) is 11.2 Å². The van der Waals surface area contributed by atoms with Crippen molar-refractivity contribution >= 4 is 16.6 Å². The van der Waals surface area contributed by atoms with Crippen LogP contribution in [-0.4, -0.2) is 16.0 Å². The van der Waals surface area contributed by atoms with E-state index >= 15 is 0 Å². The predicted molar refractivity (Wildman–Crippen MR) is 70.3 cm³/mol. The van der Waals surface area contributed by atoms with Gasteiger partial charge in [0.05, 0.1) is 17.5 Å². The first-order valence-corrected chi connectivity index (χ1v) is 5.99. The van der Waals surface area contributed by atoms with Gasteiger partial charge in [-0.3, -0.25) is 9.59 Å². The van der Waals surface area contributed by atoms with Crippen LogP contribution in [0.5, 0.6) is 0 Å². The number of nitrogens with zero attached hydrogens (tertiary/aromatic N) is 1. The lowest BCUT2D eigenvalue weighted by atomic mass is 10.0. The average Bonchev–Trinajstić information content (AvgIpc) is 2.40. The second-order valence-electron chi connectivity index (χ2n) is 4.22. The van der Waals surface area contributed by atoms with E-state index in [1.807, 2.05) is 12.1 Å². The highest BCUT2D eigenvalue weighted by Gasteiger charge is 2.09. The second kappa shape index (κ2) is 5.58. The number of H-pyrrole nitrogens is 1. The summed E-state index contributed by atoms with van der Waals surface area (Å²) in [5, 5.41) is 7.74. The third kappa shape index (κ3) is 2.64. The first-order chi connectivity index (χ1) is 8.72. The third-order valence-corrected chi connectivity index (χ3v) is 2.85. The van der Waals surface area contributed by atoms with Crippen molar-refractivity contribution in [2.45, 2.75) is 25.7 Å². The van der Waals surface area contributed by atoms with Gasteiger partial charge in [-0.2, -0.15) is 11.5 Å². The Morgan fingerprint density at radius 3 is 2.72 bits per heavy atom. The molecule has 0 saturated carbocycles. The van der Waals surface area contributed by atoms with Crippen LogP contribution in [0.15, 0.2) is 29.1 Å². The van der Waals surface area contributed by atoms with Crippen molar-refractivity contribution < 1.29 is 4.79 Å². The molecule has 18 heavy (non-hydrogen) atoms. The zero-order chi connectivity index (χ0) is 13.0. The summed E-state index contributed by atoms with van der Waals surface area (Å²) in [5.74, 6) is 0.128. The number of aromatic nitrogens is 2. The van der Waals surface area contributed by atoms with Gasteiger partial charge < -0.3 is 6.92 Å². The molecule has 0 unspecified atom stereocenters. The summed E-state index contributed by atoms with van der Waals surface area (Å²) in [5.41, 5.74) is 0.416. The molecule has 0 radical (unpaired) electrons. The van der Waals surface area contributed by atoms with Crippen molar-refractivity contribution in [3.8, 4) is 0 Å². The number of unbranched alkanes of at least 4 members (excludes halogenated alkanes) is 1. The third-order valence-electron chi connectivity index (χ3n) is 2.85. The quantitative estimate of drug-likeness (QED) is 0.817. The molecule has 1 aromatic carbocycles. The molecule has 94 valence electrons. The smallest absolute Gasteiger partial charge is 0.272 e. The van der Waals surface area contributed by atoms with Crippen LogP contribution in [0.3, 0.4) is 0 Å². The monoisotopic (exact) mass is 243 g/mol. The van der Waals surface area contributed by atoms with Crippen LogP contribution < -0.4 is 5.56 Å². The Bertz CT molecular complexity index is 616. The normalized spacial score (nSPS) is 10.7. The van der Waals surface area contributed by atoms with Crippen LogP contribution in [0.2, 0.25) is 0 Å². The molecule has 1 heterocycles. The molecular formula is C14H15N2O2-. The van der Waals surface area contributed by atoms with Crippen molar-refractivity contribution in [3.05, 3.63) is 47.2 Å². The van der Waals surface area contributed by atoms with E-state index in [1.54, 1.807) is 12.1 Å². The van der Waals surface area contributed by atoms with Crippen molar-refractivity contribution in [2.24, 2.45) is 0 Å². The van der Waals surface area contributed by atoms with Gasteiger partial charge in [0.15, 0.2) is 0 Å². The van der Waals surface area contributed by atoms with Crippen LogP contribution in [0.1, 0.15) is 25.0 Å². The maximum atomic E-state index is 11.7. The fourth-order valence-corrected chi connectivity index (χ4v) is 1.90. The molecule has 0 spiro atoms. The van der Waals surface area contributed by atoms with E-state index in [2.05, 4.69) is 17.1 Å². The number of hydrogen-bond acceptors (Lipinski definition) is 3. The van der Waals surface area contributed by atoms with Crippen LogP contribution in [0, 0.1) is 6.92 Å². The Kier molecular flexibility index (Phi) is 3.87. The summed E-state index contributed by atoms with van der Waals surface area (Å²) >= 11 is 0. The zero-order valence-electron chi connectivity index (χ0n) is 10.1. The van der Waals surface area contributed by atoms with Crippen LogP contribution in [0.4, 0.5) is 0 Å². The highest BCUT2D eigenvalue weighted by atomic mass is 16.1. The molecule has 1 N–H and O–H groups in total. The number of fused-ring (bicyclic) bond motifs is 1. The number of carbonyl (C=O) groups excluding carboxylic acids is 1. The Hall–Kier alpha value is -1.97. The Balaban J connectivity index is 2.32. The number of rotatable bonds is 5. The van der Waals surface area contributed by atoms with Gasteiger partial charge in [-0.25, -0.2) is 5.10 Å². The number of carbonyl (C=O) groups is 1. The van der Waals surface area contributed by atoms with Crippen molar-refractivity contribution in [3.63, 3.8) is 0 Å². The van der Waals surface area contributed by atoms with Gasteiger partial charge in [0, 0.05) is 11.8 Å². The molecule has 2 rings (SSSR count). The maximum Gasteiger partial charge on any atom is 0.272 e. The predicted octanol–water partition coefficient (Wildman–Crippen LogP) is 2.04. The lowest BCUT2D eigenvalue weighted by Crippen LogP contribution is -2.13. The number of nitrogens with one attached hydrogen (secondary N) is 1. The Morgan fingerprint density at radius 2 is 2.00 bits per heavy atom. The summed E-state index contributed by atoms with van der Waals surface area (Å²) in [4.78, 5) is 23.3. The maximum absolute atomic E-state index is 11.7. The van der Waals surface area contributed by atoms with E-state index in [9.17, 15) is 9.59 Å². The molecule has 0 aliphatic heterocycles. The SMILES string of the molecule is [CH2-]CCCC(=O)Cc1n[nH]c(=O)c2ccccc12. The summed E-state index contributed by atoms with van der Waals surface area (Å²) in [6.07, 6.45) is 2.32. The van der Waals surface area contributed by atoms with Crippen LogP contribution >= 0.6 is 0 Å². The van der Waals surface area contributed by atoms with E-state index in [-0.39, 0.29) is 17.8 Å². The Labute approximate surface area is 105 Å². The molecule has 4 heteroatoms. The average molecular weight is 243 g/mol. The van der Waals surface area contributed by atoms with Gasteiger partial charge in [0.1, 0.15) is 5.78 Å². The fraction of sp³-hybridized carbons (Fsp3) is 0.286. The van der Waals surface area contributed by atoms with Gasteiger partial charge in [-0.15, -0.1) is 0 Å². The molecule has 0 aliphatic carbocycles. The van der Waals surface area contributed by atoms with Crippen molar-refractivity contribution in [2.75, 3.05) is 0 Å². The highest BCUT2D eigenvalue weighted by molar-refractivity contribution is 5.88. The van der Waals surface area contributed by atoms with Gasteiger partial charge in [-0.1, -0.05) is 24.6 Å². The van der Waals surface area contributed by atoms with Crippen LogP contribution in [0.25, 0.3) is 10.8 Å². The molecule has 0 aliphatic rings. The minimum absolute atomic E-state index is 0.128. The van der Waals surface area contributed by atoms with Gasteiger partial charge in [0.25, 0.3) is 5.56 Å².